The van der Waals surface area contributed by atoms with Crippen LogP contribution in [-0.4, -0.2) is 35.9 Å². The number of hydrogen-bond acceptors (Lipinski definition) is 6. The molecule has 0 saturated heterocycles. The zero-order valence-electron chi connectivity index (χ0n) is 19.0. The van der Waals surface area contributed by atoms with Crippen LogP contribution in [0.15, 0.2) is 64.5 Å². The van der Waals surface area contributed by atoms with Gasteiger partial charge in [0.05, 0.1) is 23.7 Å². The molecule has 0 N–H and O–H groups in total. The Bertz CT molecular complexity index is 1520. The van der Waals surface area contributed by atoms with Crippen LogP contribution < -0.4 is 10.3 Å². The predicted octanol–water partition coefficient (Wildman–Crippen LogP) is 3.76. The summed E-state index contributed by atoms with van der Waals surface area (Å²) in [5, 5.41) is 0.620. The van der Waals surface area contributed by atoms with E-state index in [-0.39, 0.29) is 12.1 Å². The largest absolute Gasteiger partial charge is 0.496 e. The van der Waals surface area contributed by atoms with E-state index in [4.69, 9.17) is 4.74 Å². The third kappa shape index (κ3) is 4.04. The van der Waals surface area contributed by atoms with Crippen LogP contribution >= 0.6 is 11.3 Å². The molecule has 0 spiro atoms. The molecule has 0 fully saturated rings. The molecule has 2 aromatic heterocycles. The number of benzene rings is 2. The Balaban J connectivity index is 1.43. The first-order chi connectivity index (χ1) is 16.4. The summed E-state index contributed by atoms with van der Waals surface area (Å²) in [6.07, 6.45) is 2.72. The second-order valence-electron chi connectivity index (χ2n) is 8.39. The van der Waals surface area contributed by atoms with Crippen LogP contribution in [0.4, 0.5) is 0 Å². The van der Waals surface area contributed by atoms with E-state index in [1.54, 1.807) is 42.3 Å². The van der Waals surface area contributed by atoms with Gasteiger partial charge >= 0.3 is 0 Å². The van der Waals surface area contributed by atoms with Crippen LogP contribution in [-0.2, 0) is 36.0 Å². The van der Waals surface area contributed by atoms with Crippen LogP contribution in [0.3, 0.4) is 0 Å². The van der Waals surface area contributed by atoms with E-state index in [2.05, 4.69) is 4.98 Å². The molecule has 1 aliphatic rings. The summed E-state index contributed by atoms with van der Waals surface area (Å²) >= 11 is 1.41. The third-order valence-corrected chi connectivity index (χ3v) is 9.25. The van der Waals surface area contributed by atoms with E-state index in [0.29, 0.717) is 41.0 Å². The van der Waals surface area contributed by atoms with Gasteiger partial charge in [-0.3, -0.25) is 9.36 Å². The Kier molecular flexibility index (Phi) is 6.01. The molecule has 0 radical (unpaired) electrons. The second kappa shape index (κ2) is 8.98. The first-order valence-corrected chi connectivity index (χ1v) is 13.3. The van der Waals surface area contributed by atoms with Gasteiger partial charge in [-0.25, -0.2) is 13.4 Å². The minimum absolute atomic E-state index is 0.0766. The Morgan fingerprint density at radius 2 is 1.88 bits per heavy atom. The summed E-state index contributed by atoms with van der Waals surface area (Å²) in [4.78, 5) is 19.7. The molecular weight excluding hydrogens is 470 g/mol. The first kappa shape index (κ1) is 22.8. The molecule has 3 heterocycles. The molecule has 5 rings (SSSR count). The van der Waals surface area contributed by atoms with Crippen molar-refractivity contribution in [3.8, 4) is 5.75 Å². The summed E-state index contributed by atoms with van der Waals surface area (Å²) in [5.41, 5.74) is 2.89. The highest BCUT2D eigenvalue weighted by Gasteiger charge is 2.31. The normalized spacial score (nSPS) is 14.3. The van der Waals surface area contributed by atoms with Crippen LogP contribution in [0.2, 0.25) is 0 Å². The fourth-order valence-electron chi connectivity index (χ4n) is 4.37. The fraction of sp³-hybridized carbons (Fsp3) is 0.280. The van der Waals surface area contributed by atoms with E-state index >= 15 is 0 Å². The molecule has 4 aromatic rings. The van der Waals surface area contributed by atoms with E-state index in [9.17, 15) is 13.2 Å². The van der Waals surface area contributed by atoms with Crippen molar-refractivity contribution in [2.45, 2.75) is 37.8 Å². The molecule has 0 bridgehead atoms. The Morgan fingerprint density at radius 1 is 1.12 bits per heavy atom. The lowest BCUT2D eigenvalue weighted by molar-refractivity contribution is 0.396. The molecule has 34 heavy (non-hydrogen) atoms. The first-order valence-electron chi connectivity index (χ1n) is 11.1. The maximum Gasteiger partial charge on any atom is 0.262 e. The van der Waals surface area contributed by atoms with Crippen LogP contribution in [0.25, 0.3) is 10.2 Å². The average Bonchev–Trinajstić information content (AvgIpc) is 3.22. The average molecular weight is 496 g/mol. The van der Waals surface area contributed by atoms with Crippen molar-refractivity contribution in [3.63, 3.8) is 0 Å². The monoisotopic (exact) mass is 495 g/mol. The Hall–Kier alpha value is -3.01. The highest BCUT2D eigenvalue weighted by Crippen LogP contribution is 2.34. The van der Waals surface area contributed by atoms with E-state index < -0.39 is 10.0 Å². The van der Waals surface area contributed by atoms with Crippen molar-refractivity contribution in [1.29, 1.82) is 0 Å². The number of rotatable bonds is 6. The maximum absolute atomic E-state index is 13.3. The van der Waals surface area contributed by atoms with Gasteiger partial charge < -0.3 is 4.74 Å². The predicted molar refractivity (Wildman–Crippen MR) is 133 cm³/mol. The molecule has 0 atom stereocenters. The van der Waals surface area contributed by atoms with Gasteiger partial charge in [0.15, 0.2) is 0 Å². The lowest BCUT2D eigenvalue weighted by atomic mass is 10.1. The van der Waals surface area contributed by atoms with Gasteiger partial charge in [-0.05, 0) is 49.1 Å². The number of aryl methyl sites for hydroxylation is 3. The summed E-state index contributed by atoms with van der Waals surface area (Å²) < 4.78 is 34.9. The molecular formula is C25H25N3O4S2. The Morgan fingerprint density at radius 3 is 2.65 bits per heavy atom. The SMILES string of the molecule is COc1ccccc1CCn1cnc2sc3c(c2c1=O)CCN(S(=O)(=O)c1ccc(C)cc1)C3. The minimum Gasteiger partial charge on any atom is -0.496 e. The maximum atomic E-state index is 13.3. The molecule has 0 amide bonds. The lowest BCUT2D eigenvalue weighted by Gasteiger charge is -2.26. The van der Waals surface area contributed by atoms with Gasteiger partial charge in [0.2, 0.25) is 10.0 Å². The molecule has 1 aliphatic heterocycles. The third-order valence-electron chi connectivity index (χ3n) is 6.27. The van der Waals surface area contributed by atoms with Crippen molar-refractivity contribution in [2.75, 3.05) is 13.7 Å². The molecule has 0 unspecified atom stereocenters. The Labute approximate surface area is 202 Å². The number of aromatic nitrogens is 2. The number of hydrogen-bond donors (Lipinski definition) is 0. The van der Waals surface area contributed by atoms with Gasteiger partial charge in [-0.2, -0.15) is 4.31 Å². The summed E-state index contributed by atoms with van der Waals surface area (Å²) in [7, 11) is -1.96. The number of ether oxygens (including phenoxy) is 1. The zero-order valence-corrected chi connectivity index (χ0v) is 20.7. The van der Waals surface area contributed by atoms with Crippen molar-refractivity contribution in [3.05, 3.63) is 86.8 Å². The lowest BCUT2D eigenvalue weighted by Crippen LogP contribution is -2.35. The van der Waals surface area contributed by atoms with Gasteiger partial charge in [0, 0.05) is 24.5 Å². The quantitative estimate of drug-likeness (QED) is 0.407. The summed E-state index contributed by atoms with van der Waals surface area (Å²) in [5.74, 6) is 0.798. The second-order valence-corrected chi connectivity index (χ2v) is 11.4. The van der Waals surface area contributed by atoms with Gasteiger partial charge in [-0.15, -0.1) is 11.3 Å². The van der Waals surface area contributed by atoms with Crippen molar-refractivity contribution in [2.24, 2.45) is 0 Å². The summed E-state index contributed by atoms with van der Waals surface area (Å²) in [6, 6.07) is 14.7. The summed E-state index contributed by atoms with van der Waals surface area (Å²) in [6.45, 7) is 3.01. The molecule has 7 nitrogen and oxygen atoms in total. The van der Waals surface area contributed by atoms with Crippen LogP contribution in [0.5, 0.6) is 5.75 Å². The highest BCUT2D eigenvalue weighted by molar-refractivity contribution is 7.89. The molecule has 2 aromatic carbocycles. The van der Waals surface area contributed by atoms with Gasteiger partial charge in [0.25, 0.3) is 5.56 Å². The fourth-order valence-corrected chi connectivity index (χ4v) is 7.05. The number of para-hydroxylation sites is 1. The van der Waals surface area contributed by atoms with E-state index in [1.165, 1.54) is 15.6 Å². The van der Waals surface area contributed by atoms with Crippen molar-refractivity contribution in [1.82, 2.24) is 13.9 Å². The number of sulfonamides is 1. The van der Waals surface area contributed by atoms with E-state index in [1.807, 2.05) is 31.2 Å². The van der Waals surface area contributed by atoms with Crippen LogP contribution in [0, 0.1) is 6.92 Å². The smallest absolute Gasteiger partial charge is 0.262 e. The van der Waals surface area contributed by atoms with Gasteiger partial charge in [-0.1, -0.05) is 35.9 Å². The van der Waals surface area contributed by atoms with Crippen molar-refractivity contribution >= 4 is 31.6 Å². The van der Waals surface area contributed by atoms with Gasteiger partial charge in [0.1, 0.15) is 10.6 Å². The molecule has 0 aliphatic carbocycles. The zero-order chi connectivity index (χ0) is 23.9. The molecule has 9 heteroatoms. The standard InChI is InChI=1S/C25H25N3O4S2/c1-17-7-9-19(10-8-17)34(30,31)28-14-12-20-22(15-28)33-24-23(20)25(29)27(16-26-24)13-11-18-5-3-4-6-21(18)32-2/h3-10,16H,11-15H2,1-2H3. The highest BCUT2D eigenvalue weighted by atomic mass is 32.2. The minimum atomic E-state index is -3.60. The number of methoxy groups -OCH3 is 1. The number of nitrogens with zero attached hydrogens (tertiary/aromatic N) is 3. The number of thiophene rings is 1. The molecule has 0 saturated carbocycles. The number of fused-ring (bicyclic) bond motifs is 3. The van der Waals surface area contributed by atoms with Crippen LogP contribution in [0.1, 0.15) is 21.6 Å². The van der Waals surface area contributed by atoms with E-state index in [0.717, 1.165) is 27.3 Å². The molecule has 176 valence electrons. The van der Waals surface area contributed by atoms with Crippen molar-refractivity contribution < 1.29 is 13.2 Å². The topological polar surface area (TPSA) is 81.5 Å².